The number of rotatable bonds is 5. The van der Waals surface area contributed by atoms with Gasteiger partial charge in [0.1, 0.15) is 11.3 Å². The zero-order valence-electron chi connectivity index (χ0n) is 16.8. The summed E-state index contributed by atoms with van der Waals surface area (Å²) in [7, 11) is 2.77. The van der Waals surface area contributed by atoms with Crippen molar-refractivity contribution in [2.75, 3.05) is 24.9 Å². The fourth-order valence-electron chi connectivity index (χ4n) is 2.96. The number of nitrogens with one attached hydrogen (secondary N) is 2. The predicted octanol–water partition coefficient (Wildman–Crippen LogP) is 3.59. The molecule has 2 aromatic carbocycles. The maximum Gasteiger partial charge on any atom is 0.411 e. The van der Waals surface area contributed by atoms with Crippen LogP contribution in [0.15, 0.2) is 65.6 Å². The molecule has 0 saturated heterocycles. The van der Waals surface area contributed by atoms with Gasteiger partial charge in [-0.2, -0.15) is 0 Å². The highest BCUT2D eigenvalue weighted by atomic mass is 16.5. The van der Waals surface area contributed by atoms with Gasteiger partial charge in [0.15, 0.2) is 0 Å². The number of aromatic nitrogens is 1. The van der Waals surface area contributed by atoms with E-state index in [0.717, 1.165) is 0 Å². The van der Waals surface area contributed by atoms with Crippen LogP contribution in [0.2, 0.25) is 0 Å². The number of para-hydroxylation sites is 2. The van der Waals surface area contributed by atoms with E-state index in [4.69, 9.17) is 4.74 Å². The minimum atomic E-state index is -0.628. The van der Waals surface area contributed by atoms with Gasteiger partial charge in [-0.15, -0.1) is 0 Å². The van der Waals surface area contributed by atoms with Crippen molar-refractivity contribution in [1.82, 2.24) is 4.57 Å². The molecule has 8 heteroatoms. The van der Waals surface area contributed by atoms with E-state index < -0.39 is 17.6 Å². The van der Waals surface area contributed by atoms with Gasteiger partial charge in [0.05, 0.1) is 19.9 Å². The quantitative estimate of drug-likeness (QED) is 0.674. The molecule has 2 N–H and O–H groups in total. The lowest BCUT2D eigenvalue weighted by atomic mass is 10.1. The Hall–Kier alpha value is -4.07. The number of methoxy groups -OCH3 is 2. The zero-order chi connectivity index (χ0) is 21.7. The van der Waals surface area contributed by atoms with Crippen LogP contribution in [0.1, 0.15) is 15.9 Å². The monoisotopic (exact) mass is 407 g/mol. The van der Waals surface area contributed by atoms with E-state index >= 15 is 0 Å². The maximum absolute atomic E-state index is 13.1. The first-order valence-electron chi connectivity index (χ1n) is 9.06. The highest BCUT2D eigenvalue weighted by Crippen LogP contribution is 2.21. The number of carbonyl (C=O) groups is 2. The average molecular weight is 407 g/mol. The molecule has 0 fully saturated rings. The highest BCUT2D eigenvalue weighted by Gasteiger charge is 2.18. The normalized spacial score (nSPS) is 10.2. The number of anilines is 2. The third-order valence-electron chi connectivity index (χ3n) is 4.42. The zero-order valence-corrected chi connectivity index (χ0v) is 16.8. The van der Waals surface area contributed by atoms with E-state index in [2.05, 4.69) is 15.4 Å². The highest BCUT2D eigenvalue weighted by molar-refractivity contribution is 6.05. The second-order valence-electron chi connectivity index (χ2n) is 6.37. The number of ether oxygens (including phenoxy) is 2. The molecule has 0 atom stereocenters. The molecular weight excluding hydrogens is 386 g/mol. The summed E-state index contributed by atoms with van der Waals surface area (Å²) in [6.07, 6.45) is 0.977. The van der Waals surface area contributed by atoms with Crippen molar-refractivity contribution in [2.45, 2.75) is 6.92 Å². The number of nitrogens with zero attached hydrogens (tertiary/aromatic N) is 1. The van der Waals surface area contributed by atoms with E-state index in [9.17, 15) is 14.4 Å². The molecule has 8 nitrogen and oxygen atoms in total. The molecule has 30 heavy (non-hydrogen) atoms. The van der Waals surface area contributed by atoms with Crippen LogP contribution in [0.4, 0.5) is 16.2 Å². The van der Waals surface area contributed by atoms with Gasteiger partial charge in [-0.1, -0.05) is 18.2 Å². The molecule has 0 saturated carbocycles. The van der Waals surface area contributed by atoms with E-state index in [1.54, 1.807) is 67.7 Å². The summed E-state index contributed by atoms with van der Waals surface area (Å²) < 4.78 is 11.3. The smallest absolute Gasteiger partial charge is 0.411 e. The summed E-state index contributed by atoms with van der Waals surface area (Å²) in [6, 6.07) is 15.3. The van der Waals surface area contributed by atoms with Crippen molar-refractivity contribution < 1.29 is 19.1 Å². The standard InChI is InChI=1S/C22H21N3O5/c1-14-11-12-25(17-9-4-5-10-18(17)29-2)21(27)19(14)20(26)23-15-7-6-8-16(13-15)24-22(28)30-3/h4-13H,1-3H3,(H,23,26)(H,24,28). The van der Waals surface area contributed by atoms with Crippen LogP contribution in [0, 0.1) is 6.92 Å². The second kappa shape index (κ2) is 8.95. The van der Waals surface area contributed by atoms with Gasteiger partial charge in [-0.05, 0) is 48.9 Å². The van der Waals surface area contributed by atoms with Gasteiger partial charge in [-0.3, -0.25) is 19.5 Å². The summed E-state index contributed by atoms with van der Waals surface area (Å²) >= 11 is 0. The first kappa shape index (κ1) is 20.7. The molecule has 0 aliphatic carbocycles. The van der Waals surface area contributed by atoms with Gasteiger partial charge in [0.2, 0.25) is 0 Å². The van der Waals surface area contributed by atoms with Gasteiger partial charge in [0.25, 0.3) is 11.5 Å². The number of aryl methyl sites for hydroxylation is 1. The van der Waals surface area contributed by atoms with Gasteiger partial charge in [-0.25, -0.2) is 4.79 Å². The van der Waals surface area contributed by atoms with Crippen molar-refractivity contribution in [1.29, 1.82) is 0 Å². The molecule has 0 radical (unpaired) electrons. The molecule has 3 rings (SSSR count). The van der Waals surface area contributed by atoms with Gasteiger partial charge < -0.3 is 14.8 Å². The van der Waals surface area contributed by atoms with Crippen LogP contribution in [0.25, 0.3) is 5.69 Å². The van der Waals surface area contributed by atoms with Crippen LogP contribution < -0.4 is 20.9 Å². The largest absolute Gasteiger partial charge is 0.495 e. The molecule has 2 amide bonds. The predicted molar refractivity (Wildman–Crippen MR) is 114 cm³/mol. The third kappa shape index (κ3) is 4.33. The number of pyridine rings is 1. The topological polar surface area (TPSA) is 98.7 Å². The number of amides is 2. The fourth-order valence-corrected chi connectivity index (χ4v) is 2.96. The van der Waals surface area contributed by atoms with Crippen molar-refractivity contribution in [2.24, 2.45) is 0 Å². The Morgan fingerprint density at radius 2 is 1.63 bits per heavy atom. The number of benzene rings is 2. The Morgan fingerprint density at radius 1 is 0.933 bits per heavy atom. The number of hydrogen-bond acceptors (Lipinski definition) is 5. The van der Waals surface area contributed by atoms with E-state index in [1.165, 1.54) is 18.8 Å². The average Bonchev–Trinajstić information content (AvgIpc) is 2.74. The Balaban J connectivity index is 1.95. The minimum Gasteiger partial charge on any atom is -0.495 e. The molecule has 1 heterocycles. The van der Waals surface area contributed by atoms with Gasteiger partial charge in [0, 0.05) is 17.6 Å². The SMILES string of the molecule is COC(=O)Nc1cccc(NC(=O)c2c(C)ccn(-c3ccccc3OC)c2=O)c1. The summed E-state index contributed by atoms with van der Waals surface area (Å²) in [6.45, 7) is 1.69. The summed E-state index contributed by atoms with van der Waals surface area (Å²) in [5.74, 6) is -0.0478. The maximum atomic E-state index is 13.1. The Bertz CT molecular complexity index is 1150. The van der Waals surface area contributed by atoms with E-state index in [1.807, 2.05) is 0 Å². The molecule has 0 aliphatic rings. The summed E-state index contributed by atoms with van der Waals surface area (Å²) in [5.41, 5.74) is 1.46. The van der Waals surface area contributed by atoms with Crippen LogP contribution >= 0.6 is 0 Å². The van der Waals surface area contributed by atoms with Gasteiger partial charge >= 0.3 is 6.09 Å². The third-order valence-corrected chi connectivity index (χ3v) is 4.42. The molecule has 0 spiro atoms. The Morgan fingerprint density at radius 3 is 2.33 bits per heavy atom. The van der Waals surface area contributed by atoms with Crippen molar-refractivity contribution in [3.8, 4) is 11.4 Å². The van der Waals surface area contributed by atoms with E-state index in [0.29, 0.717) is 28.4 Å². The Labute approximate surface area is 173 Å². The summed E-state index contributed by atoms with van der Waals surface area (Å²) in [5, 5.41) is 5.22. The molecule has 154 valence electrons. The van der Waals surface area contributed by atoms with Crippen LogP contribution in [0.3, 0.4) is 0 Å². The first-order valence-corrected chi connectivity index (χ1v) is 9.06. The second-order valence-corrected chi connectivity index (χ2v) is 6.37. The fraction of sp³-hybridized carbons (Fsp3) is 0.136. The van der Waals surface area contributed by atoms with Crippen molar-refractivity contribution in [3.63, 3.8) is 0 Å². The summed E-state index contributed by atoms with van der Waals surface area (Å²) in [4.78, 5) is 37.4. The van der Waals surface area contributed by atoms with Crippen molar-refractivity contribution >= 4 is 23.4 Å². The van der Waals surface area contributed by atoms with Crippen LogP contribution in [-0.4, -0.2) is 30.8 Å². The number of hydrogen-bond donors (Lipinski definition) is 2. The van der Waals surface area contributed by atoms with Crippen LogP contribution in [-0.2, 0) is 4.74 Å². The molecule has 0 unspecified atom stereocenters. The lowest BCUT2D eigenvalue weighted by Crippen LogP contribution is -2.29. The minimum absolute atomic E-state index is 0.00902. The lowest BCUT2D eigenvalue weighted by molar-refractivity contribution is 0.102. The van der Waals surface area contributed by atoms with E-state index in [-0.39, 0.29) is 5.56 Å². The molecule has 3 aromatic rings. The first-order chi connectivity index (χ1) is 14.4. The number of carbonyl (C=O) groups excluding carboxylic acids is 2. The van der Waals surface area contributed by atoms with Crippen LogP contribution in [0.5, 0.6) is 5.75 Å². The molecular formula is C22H21N3O5. The lowest BCUT2D eigenvalue weighted by Gasteiger charge is -2.14. The van der Waals surface area contributed by atoms with Crippen molar-refractivity contribution in [3.05, 3.63) is 82.3 Å². The molecule has 0 bridgehead atoms. The molecule has 0 aliphatic heterocycles. The molecule has 1 aromatic heterocycles. The Kier molecular flexibility index (Phi) is 6.17.